The molecule has 1 heteroatoms. The normalized spacial score (nSPS) is 12.5. The van der Waals surface area contributed by atoms with Crippen LogP contribution in [0.2, 0.25) is 0 Å². The van der Waals surface area contributed by atoms with Crippen LogP contribution in [0.4, 0.5) is 0 Å². The van der Waals surface area contributed by atoms with E-state index >= 15 is 0 Å². The van der Waals surface area contributed by atoms with Crippen molar-refractivity contribution in [1.82, 2.24) is 0 Å². The third-order valence-corrected chi connectivity index (χ3v) is 2.35. The van der Waals surface area contributed by atoms with E-state index in [0.29, 0.717) is 6.10 Å². The van der Waals surface area contributed by atoms with Crippen LogP contribution in [0.3, 0.4) is 0 Å². The quantitative estimate of drug-likeness (QED) is 0.689. The van der Waals surface area contributed by atoms with E-state index in [2.05, 4.69) is 39.0 Å². The molecule has 0 radical (unpaired) electrons. The Balaban J connectivity index is 2.63. The Morgan fingerprint density at radius 2 is 2.07 bits per heavy atom. The monoisotopic (exact) mass is 192 g/mol. The number of ether oxygens (including phenoxy) is 1. The fourth-order valence-electron chi connectivity index (χ4n) is 1.38. The summed E-state index contributed by atoms with van der Waals surface area (Å²) in [7, 11) is 0. The average Bonchev–Trinajstić information content (AvgIpc) is 2.19. The second-order valence-electron chi connectivity index (χ2n) is 3.73. The lowest BCUT2D eigenvalue weighted by Gasteiger charge is -2.13. The Morgan fingerprint density at radius 3 is 2.71 bits per heavy atom. The van der Waals surface area contributed by atoms with E-state index in [1.807, 2.05) is 6.07 Å². The number of aryl methyl sites for hydroxylation is 1. The molecule has 0 aliphatic carbocycles. The molecule has 0 fully saturated rings. The van der Waals surface area contributed by atoms with E-state index in [9.17, 15) is 0 Å². The summed E-state index contributed by atoms with van der Waals surface area (Å²) in [6.45, 7) is 6.44. The van der Waals surface area contributed by atoms with Crippen molar-refractivity contribution in [2.24, 2.45) is 0 Å². The minimum atomic E-state index is 0.312. The predicted molar refractivity (Wildman–Crippen MR) is 60.8 cm³/mol. The first-order valence-corrected chi connectivity index (χ1v) is 5.51. The molecule has 1 unspecified atom stereocenters. The van der Waals surface area contributed by atoms with Crippen molar-refractivity contribution in [3.63, 3.8) is 0 Å². The topological polar surface area (TPSA) is 9.23 Å². The predicted octanol–water partition coefficient (Wildman–Crippen LogP) is 3.82. The minimum Gasteiger partial charge on any atom is -0.491 e. The Labute approximate surface area is 87.1 Å². The molecular formula is C13H20O. The van der Waals surface area contributed by atoms with E-state index in [1.54, 1.807) is 0 Å². The molecule has 0 amide bonds. The van der Waals surface area contributed by atoms with Crippen molar-refractivity contribution in [3.05, 3.63) is 29.8 Å². The molecule has 78 valence electrons. The molecule has 0 aromatic heterocycles. The first-order valence-electron chi connectivity index (χ1n) is 5.51. The smallest absolute Gasteiger partial charge is 0.119 e. The van der Waals surface area contributed by atoms with Gasteiger partial charge in [-0.05, 0) is 37.5 Å². The van der Waals surface area contributed by atoms with Crippen molar-refractivity contribution < 1.29 is 4.74 Å². The van der Waals surface area contributed by atoms with Crippen molar-refractivity contribution in [3.8, 4) is 5.75 Å². The van der Waals surface area contributed by atoms with Gasteiger partial charge in [-0.25, -0.2) is 0 Å². The van der Waals surface area contributed by atoms with Gasteiger partial charge in [0.05, 0.1) is 6.10 Å². The zero-order valence-electron chi connectivity index (χ0n) is 9.42. The van der Waals surface area contributed by atoms with Gasteiger partial charge in [0.25, 0.3) is 0 Å². The highest BCUT2D eigenvalue weighted by Crippen LogP contribution is 2.16. The maximum absolute atomic E-state index is 5.75. The van der Waals surface area contributed by atoms with Crippen LogP contribution in [0.5, 0.6) is 5.75 Å². The third-order valence-electron chi connectivity index (χ3n) is 2.35. The van der Waals surface area contributed by atoms with Crippen LogP contribution < -0.4 is 4.74 Å². The zero-order chi connectivity index (χ0) is 10.4. The van der Waals surface area contributed by atoms with E-state index in [0.717, 1.165) is 18.6 Å². The molecule has 0 bridgehead atoms. The molecule has 1 aromatic rings. The van der Waals surface area contributed by atoms with Gasteiger partial charge in [-0.1, -0.05) is 32.4 Å². The molecule has 0 N–H and O–H groups in total. The second kappa shape index (κ2) is 5.69. The van der Waals surface area contributed by atoms with Crippen LogP contribution in [-0.4, -0.2) is 6.10 Å². The van der Waals surface area contributed by atoms with Gasteiger partial charge in [-0.3, -0.25) is 0 Å². The molecule has 1 atom stereocenters. The Kier molecular flexibility index (Phi) is 4.51. The maximum atomic E-state index is 5.75. The van der Waals surface area contributed by atoms with Gasteiger partial charge in [-0.2, -0.15) is 0 Å². The third kappa shape index (κ3) is 3.41. The first kappa shape index (κ1) is 11.1. The Morgan fingerprint density at radius 1 is 1.29 bits per heavy atom. The second-order valence-corrected chi connectivity index (χ2v) is 3.73. The van der Waals surface area contributed by atoms with Gasteiger partial charge in [0, 0.05) is 0 Å². The lowest BCUT2D eigenvalue weighted by atomic mass is 10.1. The zero-order valence-corrected chi connectivity index (χ0v) is 9.42. The summed E-state index contributed by atoms with van der Waals surface area (Å²) in [6, 6.07) is 8.41. The number of hydrogen-bond acceptors (Lipinski definition) is 1. The lowest BCUT2D eigenvalue weighted by molar-refractivity contribution is 0.217. The number of rotatable bonds is 5. The molecule has 0 saturated heterocycles. The van der Waals surface area contributed by atoms with Crippen molar-refractivity contribution in [1.29, 1.82) is 0 Å². The van der Waals surface area contributed by atoms with Crippen LogP contribution in [0, 0.1) is 0 Å². The van der Waals surface area contributed by atoms with Gasteiger partial charge in [0.1, 0.15) is 5.75 Å². The summed E-state index contributed by atoms with van der Waals surface area (Å²) in [5.41, 5.74) is 1.37. The summed E-state index contributed by atoms with van der Waals surface area (Å²) < 4.78 is 5.75. The highest BCUT2D eigenvalue weighted by molar-refractivity contribution is 5.28. The van der Waals surface area contributed by atoms with E-state index in [1.165, 1.54) is 12.0 Å². The fourth-order valence-corrected chi connectivity index (χ4v) is 1.38. The van der Waals surface area contributed by atoms with E-state index < -0.39 is 0 Å². The summed E-state index contributed by atoms with van der Waals surface area (Å²) in [6.07, 6.45) is 3.69. The van der Waals surface area contributed by atoms with Crippen LogP contribution in [0.1, 0.15) is 39.2 Å². The summed E-state index contributed by atoms with van der Waals surface area (Å²) >= 11 is 0. The molecule has 0 heterocycles. The van der Waals surface area contributed by atoms with Gasteiger partial charge in [-0.15, -0.1) is 0 Å². The summed E-state index contributed by atoms with van der Waals surface area (Å²) in [5.74, 6) is 1.00. The molecule has 0 aliphatic rings. The Bertz CT molecular complexity index is 268. The maximum Gasteiger partial charge on any atom is 0.119 e. The number of benzene rings is 1. The minimum absolute atomic E-state index is 0.312. The lowest BCUT2D eigenvalue weighted by Crippen LogP contribution is -2.09. The molecule has 1 nitrogen and oxygen atoms in total. The molecule has 1 rings (SSSR count). The SMILES string of the molecule is CCCc1cccc(OC(C)CC)c1. The van der Waals surface area contributed by atoms with Gasteiger partial charge < -0.3 is 4.74 Å². The van der Waals surface area contributed by atoms with Crippen LogP contribution in [-0.2, 0) is 6.42 Å². The molecule has 1 aromatic carbocycles. The van der Waals surface area contributed by atoms with Crippen molar-refractivity contribution in [2.45, 2.75) is 46.1 Å². The van der Waals surface area contributed by atoms with Crippen LogP contribution in [0.15, 0.2) is 24.3 Å². The molecular weight excluding hydrogens is 172 g/mol. The standard InChI is InChI=1S/C13H20O/c1-4-7-12-8-6-9-13(10-12)14-11(3)5-2/h6,8-11H,4-5,7H2,1-3H3. The fraction of sp³-hybridized carbons (Fsp3) is 0.538. The largest absolute Gasteiger partial charge is 0.491 e. The van der Waals surface area contributed by atoms with E-state index in [-0.39, 0.29) is 0 Å². The first-order chi connectivity index (χ1) is 6.76. The highest BCUT2D eigenvalue weighted by atomic mass is 16.5. The highest BCUT2D eigenvalue weighted by Gasteiger charge is 2.01. The van der Waals surface area contributed by atoms with Crippen molar-refractivity contribution >= 4 is 0 Å². The van der Waals surface area contributed by atoms with Crippen LogP contribution in [0.25, 0.3) is 0 Å². The molecule has 14 heavy (non-hydrogen) atoms. The van der Waals surface area contributed by atoms with Crippen LogP contribution >= 0.6 is 0 Å². The van der Waals surface area contributed by atoms with E-state index in [4.69, 9.17) is 4.74 Å². The number of hydrogen-bond donors (Lipinski definition) is 0. The van der Waals surface area contributed by atoms with Gasteiger partial charge in [0.15, 0.2) is 0 Å². The Hall–Kier alpha value is -0.980. The van der Waals surface area contributed by atoms with Gasteiger partial charge >= 0.3 is 0 Å². The summed E-state index contributed by atoms with van der Waals surface area (Å²) in [5, 5.41) is 0. The molecule has 0 spiro atoms. The summed E-state index contributed by atoms with van der Waals surface area (Å²) in [4.78, 5) is 0. The van der Waals surface area contributed by atoms with Crippen molar-refractivity contribution in [2.75, 3.05) is 0 Å². The van der Waals surface area contributed by atoms with Gasteiger partial charge in [0.2, 0.25) is 0 Å². The average molecular weight is 192 g/mol. The molecule has 0 saturated carbocycles. The molecule has 0 aliphatic heterocycles.